The van der Waals surface area contributed by atoms with Gasteiger partial charge in [0.1, 0.15) is 12.1 Å². The first-order valence-corrected chi connectivity index (χ1v) is 10.9. The van der Waals surface area contributed by atoms with Crippen LogP contribution in [0.15, 0.2) is 0 Å². The third kappa shape index (κ3) is 2.95. The maximum Gasteiger partial charge on any atom is 0.243 e. The maximum atomic E-state index is 13.6. The lowest BCUT2D eigenvalue weighted by Crippen LogP contribution is -2.59. The standard InChI is InChI=1S/C21H31N3O3/c25-18-16(3-1-5-22-18)23-19(26)17-4-2-6-24(17)20(27)21-10-13-7-14(11-21)9-15(8-13)12-21/h13-17H,1-12H2,(H,22,25)(H,23,26)/t13?,14?,15?,16-,17-,21?/m1/s1. The van der Waals surface area contributed by atoms with Crippen LogP contribution in [0.4, 0.5) is 0 Å². The number of nitrogens with one attached hydrogen (secondary N) is 2. The average Bonchev–Trinajstić information content (AvgIpc) is 3.11. The van der Waals surface area contributed by atoms with Gasteiger partial charge in [0.2, 0.25) is 17.7 Å². The van der Waals surface area contributed by atoms with Crippen LogP contribution < -0.4 is 10.6 Å². The molecule has 0 unspecified atom stereocenters. The van der Waals surface area contributed by atoms with Gasteiger partial charge < -0.3 is 15.5 Å². The molecule has 2 N–H and O–H groups in total. The highest BCUT2D eigenvalue weighted by molar-refractivity contribution is 5.94. The summed E-state index contributed by atoms with van der Waals surface area (Å²) in [6, 6.07) is -0.830. The van der Waals surface area contributed by atoms with Crippen molar-refractivity contribution in [3.8, 4) is 0 Å². The normalized spacial score (nSPS) is 42.9. The lowest BCUT2D eigenvalue weighted by atomic mass is 9.49. The van der Waals surface area contributed by atoms with E-state index in [4.69, 9.17) is 0 Å². The summed E-state index contributed by atoms with van der Waals surface area (Å²) in [5, 5.41) is 5.74. The van der Waals surface area contributed by atoms with E-state index in [-0.39, 0.29) is 29.2 Å². The molecule has 3 amide bonds. The number of likely N-dealkylation sites (tertiary alicyclic amines) is 1. The Morgan fingerprint density at radius 2 is 1.67 bits per heavy atom. The van der Waals surface area contributed by atoms with Crippen molar-refractivity contribution in [3.63, 3.8) is 0 Å². The number of amides is 3. The summed E-state index contributed by atoms with van der Waals surface area (Å²) in [7, 11) is 0. The number of nitrogens with zero attached hydrogens (tertiary/aromatic N) is 1. The topological polar surface area (TPSA) is 78.5 Å². The fourth-order valence-electron chi connectivity index (χ4n) is 7.14. The summed E-state index contributed by atoms with van der Waals surface area (Å²) in [4.78, 5) is 40.4. The monoisotopic (exact) mass is 373 g/mol. The molecule has 2 aliphatic heterocycles. The molecule has 0 aromatic heterocycles. The second-order valence-corrected chi connectivity index (χ2v) is 9.85. The predicted molar refractivity (Wildman–Crippen MR) is 99.5 cm³/mol. The highest BCUT2D eigenvalue weighted by atomic mass is 16.2. The van der Waals surface area contributed by atoms with Crippen LogP contribution in [-0.4, -0.2) is 47.8 Å². The second kappa shape index (κ2) is 6.49. The first-order valence-electron chi connectivity index (χ1n) is 10.9. The van der Waals surface area contributed by atoms with E-state index in [0.29, 0.717) is 19.5 Å². The van der Waals surface area contributed by atoms with Crippen LogP contribution in [-0.2, 0) is 14.4 Å². The third-order valence-electron chi connectivity index (χ3n) is 7.91. The fraction of sp³-hybridized carbons (Fsp3) is 0.857. The molecule has 2 saturated heterocycles. The van der Waals surface area contributed by atoms with Crippen molar-refractivity contribution < 1.29 is 14.4 Å². The predicted octanol–water partition coefficient (Wildman–Crippen LogP) is 1.59. The van der Waals surface area contributed by atoms with Gasteiger partial charge in [0.05, 0.1) is 5.41 Å². The summed E-state index contributed by atoms with van der Waals surface area (Å²) in [5.74, 6) is 2.19. The van der Waals surface area contributed by atoms with E-state index in [2.05, 4.69) is 10.6 Å². The van der Waals surface area contributed by atoms with Crippen LogP contribution >= 0.6 is 0 Å². The third-order valence-corrected chi connectivity index (χ3v) is 7.91. The van der Waals surface area contributed by atoms with Gasteiger partial charge in [-0.1, -0.05) is 0 Å². The van der Waals surface area contributed by atoms with Crippen molar-refractivity contribution in [1.82, 2.24) is 15.5 Å². The summed E-state index contributed by atoms with van der Waals surface area (Å²) >= 11 is 0. The van der Waals surface area contributed by atoms with E-state index in [9.17, 15) is 14.4 Å². The zero-order valence-electron chi connectivity index (χ0n) is 16.0. The van der Waals surface area contributed by atoms with Gasteiger partial charge in [-0.15, -0.1) is 0 Å². The molecule has 0 aromatic carbocycles. The number of hydrogen-bond donors (Lipinski definition) is 2. The quantitative estimate of drug-likeness (QED) is 0.789. The highest BCUT2D eigenvalue weighted by Gasteiger charge is 2.56. The summed E-state index contributed by atoms with van der Waals surface area (Å²) in [6.45, 7) is 1.38. The van der Waals surface area contributed by atoms with Crippen molar-refractivity contribution in [2.24, 2.45) is 23.2 Å². The summed E-state index contributed by atoms with van der Waals surface area (Å²) in [6.07, 6.45) is 10.2. The smallest absolute Gasteiger partial charge is 0.243 e. The Hall–Kier alpha value is -1.59. The minimum Gasteiger partial charge on any atom is -0.354 e. The molecule has 4 aliphatic carbocycles. The number of carbonyl (C=O) groups is 3. The van der Waals surface area contributed by atoms with Gasteiger partial charge >= 0.3 is 0 Å². The molecule has 2 atom stereocenters. The molecule has 2 heterocycles. The Labute approximate surface area is 160 Å². The number of rotatable bonds is 3. The van der Waals surface area contributed by atoms with Crippen LogP contribution in [0.3, 0.4) is 0 Å². The molecule has 4 saturated carbocycles. The maximum absolute atomic E-state index is 13.6. The molecule has 0 radical (unpaired) electrons. The van der Waals surface area contributed by atoms with Crippen LogP contribution in [0.25, 0.3) is 0 Å². The molecule has 6 fully saturated rings. The highest BCUT2D eigenvalue weighted by Crippen LogP contribution is 2.60. The van der Waals surface area contributed by atoms with Gasteiger partial charge in [-0.25, -0.2) is 0 Å². The average molecular weight is 373 g/mol. The fourth-order valence-corrected chi connectivity index (χ4v) is 7.14. The second-order valence-electron chi connectivity index (χ2n) is 9.85. The van der Waals surface area contributed by atoms with Crippen LogP contribution in [0.5, 0.6) is 0 Å². The van der Waals surface area contributed by atoms with E-state index in [1.54, 1.807) is 0 Å². The molecule has 6 heteroatoms. The van der Waals surface area contributed by atoms with Crippen LogP contribution in [0.1, 0.15) is 64.2 Å². The Kier molecular flexibility index (Phi) is 4.21. The Bertz CT molecular complexity index is 626. The van der Waals surface area contributed by atoms with E-state index in [0.717, 1.165) is 56.3 Å². The molecule has 6 aliphatic rings. The Morgan fingerprint density at radius 3 is 2.30 bits per heavy atom. The van der Waals surface area contributed by atoms with E-state index >= 15 is 0 Å². The van der Waals surface area contributed by atoms with Gasteiger partial charge in [0, 0.05) is 13.1 Å². The molecule has 6 rings (SSSR count). The lowest BCUT2D eigenvalue weighted by molar-refractivity contribution is -0.160. The van der Waals surface area contributed by atoms with Crippen molar-refractivity contribution >= 4 is 17.7 Å². The number of piperidine rings is 1. The Morgan fingerprint density at radius 1 is 1.00 bits per heavy atom. The molecule has 27 heavy (non-hydrogen) atoms. The van der Waals surface area contributed by atoms with Crippen molar-refractivity contribution in [3.05, 3.63) is 0 Å². The largest absolute Gasteiger partial charge is 0.354 e. The lowest BCUT2D eigenvalue weighted by Gasteiger charge is -2.56. The number of carbonyl (C=O) groups excluding carboxylic acids is 3. The first kappa shape index (κ1) is 17.5. The van der Waals surface area contributed by atoms with Gasteiger partial charge in [-0.3, -0.25) is 14.4 Å². The molecular weight excluding hydrogens is 342 g/mol. The van der Waals surface area contributed by atoms with Crippen LogP contribution in [0, 0.1) is 23.2 Å². The van der Waals surface area contributed by atoms with E-state index in [1.165, 1.54) is 19.3 Å². The van der Waals surface area contributed by atoms with Crippen molar-refractivity contribution in [2.75, 3.05) is 13.1 Å². The minimum atomic E-state index is -0.441. The van der Waals surface area contributed by atoms with Gasteiger partial charge in [-0.2, -0.15) is 0 Å². The molecule has 148 valence electrons. The zero-order chi connectivity index (χ0) is 18.6. The molecule has 6 nitrogen and oxygen atoms in total. The molecule has 0 aromatic rings. The van der Waals surface area contributed by atoms with Gasteiger partial charge in [-0.05, 0) is 82.0 Å². The molecule has 4 bridgehead atoms. The first-order chi connectivity index (χ1) is 13.0. The number of hydrogen-bond acceptors (Lipinski definition) is 3. The minimum absolute atomic E-state index is 0.0912. The molecule has 0 spiro atoms. The Balaban J connectivity index is 1.30. The summed E-state index contributed by atoms with van der Waals surface area (Å²) in [5.41, 5.74) is -0.195. The van der Waals surface area contributed by atoms with E-state index < -0.39 is 6.04 Å². The van der Waals surface area contributed by atoms with Crippen molar-refractivity contribution in [1.29, 1.82) is 0 Å². The van der Waals surface area contributed by atoms with Crippen LogP contribution in [0.2, 0.25) is 0 Å². The summed E-state index contributed by atoms with van der Waals surface area (Å²) < 4.78 is 0. The SMILES string of the molecule is O=C(N[C@@H]1CCCNC1=O)[C@H]1CCCN1C(=O)C12CC3CC(CC(C3)C1)C2. The van der Waals surface area contributed by atoms with Gasteiger partial charge in [0.15, 0.2) is 0 Å². The van der Waals surface area contributed by atoms with E-state index in [1.807, 2.05) is 4.90 Å². The van der Waals surface area contributed by atoms with Gasteiger partial charge in [0.25, 0.3) is 0 Å². The zero-order valence-corrected chi connectivity index (χ0v) is 16.0. The van der Waals surface area contributed by atoms with Crippen molar-refractivity contribution in [2.45, 2.75) is 76.3 Å². The molecular formula is C21H31N3O3.